The van der Waals surface area contributed by atoms with Gasteiger partial charge in [0.2, 0.25) is 5.95 Å². The number of nitrogens with zero attached hydrogens (tertiary/aromatic N) is 4. The highest BCUT2D eigenvalue weighted by Crippen LogP contribution is 2.38. The molecular formula is C24H27F3N4O. The van der Waals surface area contributed by atoms with Crippen LogP contribution >= 0.6 is 0 Å². The minimum Gasteiger partial charge on any atom is -0.491 e. The summed E-state index contributed by atoms with van der Waals surface area (Å²) in [5.41, 5.74) is 1.60. The molecule has 0 saturated heterocycles. The topological polar surface area (TPSA) is 41.5 Å². The number of hydrogen-bond donors (Lipinski definition) is 0. The van der Waals surface area contributed by atoms with E-state index >= 15 is 0 Å². The first kappa shape index (κ1) is 23.4. The highest BCUT2D eigenvalue weighted by Gasteiger charge is 2.37. The molecule has 0 atom stereocenters. The molecule has 3 aromatic rings. The van der Waals surface area contributed by atoms with Crippen molar-refractivity contribution >= 4 is 23.1 Å². The highest BCUT2D eigenvalue weighted by molar-refractivity contribution is 5.66. The lowest BCUT2D eigenvalue weighted by atomic mass is 10.1. The predicted octanol–water partition coefficient (Wildman–Crippen LogP) is 6.38. The van der Waals surface area contributed by atoms with Crippen LogP contribution in [0.15, 0.2) is 54.7 Å². The van der Waals surface area contributed by atoms with Crippen molar-refractivity contribution in [3.8, 4) is 5.75 Å². The van der Waals surface area contributed by atoms with Gasteiger partial charge in [0.05, 0.1) is 6.10 Å². The highest BCUT2D eigenvalue weighted by atomic mass is 19.4. The second-order valence-electron chi connectivity index (χ2n) is 7.70. The van der Waals surface area contributed by atoms with E-state index in [2.05, 4.69) is 16.9 Å². The standard InChI is InChI=1S/C24H27F3N4O/c1-6-17-7-9-19(10-8-17)31(5)23-28-15-21(24(25,26)27)22(29-23)30(4)18-11-13-20(14-12-18)32-16(2)3/h7-16H,6H2,1-5H3. The Kier molecular flexibility index (Phi) is 6.91. The first-order valence-corrected chi connectivity index (χ1v) is 10.4. The molecule has 5 nitrogen and oxygen atoms in total. The number of aryl methyl sites for hydroxylation is 1. The van der Waals surface area contributed by atoms with Crippen LogP contribution in [-0.2, 0) is 12.6 Å². The van der Waals surface area contributed by atoms with E-state index in [1.807, 2.05) is 38.1 Å². The fourth-order valence-electron chi connectivity index (χ4n) is 3.19. The summed E-state index contributed by atoms with van der Waals surface area (Å²) in [6.45, 7) is 5.87. The van der Waals surface area contributed by atoms with Gasteiger partial charge in [-0.05, 0) is 62.2 Å². The Morgan fingerprint density at radius 3 is 2.00 bits per heavy atom. The zero-order valence-electron chi connectivity index (χ0n) is 18.8. The maximum absolute atomic E-state index is 13.7. The SMILES string of the molecule is CCc1ccc(N(C)c2ncc(C(F)(F)F)c(N(C)c3ccc(OC(C)C)cc3)n2)cc1. The molecule has 1 heterocycles. The molecule has 8 heteroatoms. The second kappa shape index (κ2) is 9.46. The quantitative estimate of drug-likeness (QED) is 0.423. The molecule has 0 saturated carbocycles. The number of benzene rings is 2. The number of halogens is 3. The molecule has 0 unspecified atom stereocenters. The van der Waals surface area contributed by atoms with Gasteiger partial charge in [0, 0.05) is 31.7 Å². The molecule has 0 N–H and O–H groups in total. The largest absolute Gasteiger partial charge is 0.491 e. The monoisotopic (exact) mass is 444 g/mol. The van der Waals surface area contributed by atoms with Gasteiger partial charge < -0.3 is 14.5 Å². The van der Waals surface area contributed by atoms with E-state index in [0.29, 0.717) is 11.4 Å². The van der Waals surface area contributed by atoms with Gasteiger partial charge in [0.25, 0.3) is 0 Å². The third-order valence-electron chi connectivity index (χ3n) is 5.01. The van der Waals surface area contributed by atoms with Crippen LogP contribution in [0.25, 0.3) is 0 Å². The molecule has 1 aromatic heterocycles. The minimum atomic E-state index is -4.59. The average molecular weight is 445 g/mol. The number of rotatable bonds is 7. The Labute approximate surface area is 186 Å². The van der Waals surface area contributed by atoms with Crippen molar-refractivity contribution in [3.63, 3.8) is 0 Å². The molecule has 2 aromatic carbocycles. The van der Waals surface area contributed by atoms with Crippen molar-refractivity contribution in [2.45, 2.75) is 39.5 Å². The van der Waals surface area contributed by atoms with E-state index in [4.69, 9.17) is 4.74 Å². The van der Waals surface area contributed by atoms with Crippen LogP contribution in [0.3, 0.4) is 0 Å². The van der Waals surface area contributed by atoms with Crippen LogP contribution in [-0.4, -0.2) is 30.2 Å². The van der Waals surface area contributed by atoms with Crippen molar-refractivity contribution in [3.05, 3.63) is 65.9 Å². The summed E-state index contributed by atoms with van der Waals surface area (Å²) in [6.07, 6.45) is -2.86. The van der Waals surface area contributed by atoms with Crippen LogP contribution in [0.1, 0.15) is 31.9 Å². The smallest absolute Gasteiger partial charge is 0.421 e. The van der Waals surface area contributed by atoms with Gasteiger partial charge >= 0.3 is 6.18 Å². The Morgan fingerprint density at radius 2 is 1.47 bits per heavy atom. The van der Waals surface area contributed by atoms with Gasteiger partial charge in [-0.3, -0.25) is 0 Å². The summed E-state index contributed by atoms with van der Waals surface area (Å²) in [6, 6.07) is 14.6. The molecule has 0 amide bonds. The Hall–Kier alpha value is -3.29. The van der Waals surface area contributed by atoms with Crippen LogP contribution in [0, 0.1) is 0 Å². The summed E-state index contributed by atoms with van der Waals surface area (Å²) in [4.78, 5) is 11.4. The Morgan fingerprint density at radius 1 is 0.906 bits per heavy atom. The summed E-state index contributed by atoms with van der Waals surface area (Å²) in [7, 11) is 3.28. The molecule has 0 radical (unpaired) electrons. The molecule has 0 bridgehead atoms. The van der Waals surface area contributed by atoms with Crippen LogP contribution < -0.4 is 14.5 Å². The van der Waals surface area contributed by atoms with Crippen molar-refractivity contribution in [1.29, 1.82) is 0 Å². The number of ether oxygens (including phenoxy) is 1. The van der Waals surface area contributed by atoms with Gasteiger partial charge in [0.15, 0.2) is 5.82 Å². The van der Waals surface area contributed by atoms with E-state index in [9.17, 15) is 13.2 Å². The molecular weight excluding hydrogens is 417 g/mol. The minimum absolute atomic E-state index is 0.00163. The molecule has 0 aliphatic heterocycles. The summed E-state index contributed by atoms with van der Waals surface area (Å²) < 4.78 is 46.8. The van der Waals surface area contributed by atoms with Gasteiger partial charge in [-0.1, -0.05) is 19.1 Å². The predicted molar refractivity (Wildman–Crippen MR) is 121 cm³/mol. The van der Waals surface area contributed by atoms with Gasteiger partial charge in [-0.15, -0.1) is 0 Å². The zero-order chi connectivity index (χ0) is 23.5. The summed E-state index contributed by atoms with van der Waals surface area (Å²) in [5.74, 6) is 0.591. The molecule has 0 aliphatic rings. The van der Waals surface area contributed by atoms with E-state index in [1.165, 1.54) is 10.5 Å². The number of alkyl halides is 3. The van der Waals surface area contributed by atoms with E-state index < -0.39 is 11.7 Å². The van der Waals surface area contributed by atoms with Gasteiger partial charge in [-0.25, -0.2) is 4.98 Å². The summed E-state index contributed by atoms with van der Waals surface area (Å²) >= 11 is 0. The molecule has 0 aliphatic carbocycles. The lowest BCUT2D eigenvalue weighted by Crippen LogP contribution is -2.21. The first-order chi connectivity index (χ1) is 15.1. The normalized spacial score (nSPS) is 11.5. The third kappa shape index (κ3) is 5.30. The van der Waals surface area contributed by atoms with Crippen molar-refractivity contribution < 1.29 is 17.9 Å². The fourth-order valence-corrected chi connectivity index (χ4v) is 3.19. The third-order valence-corrected chi connectivity index (χ3v) is 5.01. The fraction of sp³-hybridized carbons (Fsp3) is 0.333. The lowest BCUT2D eigenvalue weighted by molar-refractivity contribution is -0.137. The van der Waals surface area contributed by atoms with Crippen LogP contribution in [0.2, 0.25) is 0 Å². The Balaban J connectivity index is 1.98. The number of hydrogen-bond acceptors (Lipinski definition) is 5. The lowest BCUT2D eigenvalue weighted by Gasteiger charge is -2.25. The molecule has 32 heavy (non-hydrogen) atoms. The van der Waals surface area contributed by atoms with Crippen LogP contribution in [0.5, 0.6) is 5.75 Å². The summed E-state index contributed by atoms with van der Waals surface area (Å²) in [5, 5.41) is 0. The van der Waals surface area contributed by atoms with E-state index in [0.717, 1.165) is 18.3 Å². The maximum Gasteiger partial charge on any atom is 0.421 e. The molecule has 3 rings (SSSR count). The molecule has 0 fully saturated rings. The number of anilines is 4. The molecule has 0 spiro atoms. The van der Waals surface area contributed by atoms with Gasteiger partial charge in [0.1, 0.15) is 11.3 Å². The van der Waals surface area contributed by atoms with Crippen molar-refractivity contribution in [1.82, 2.24) is 9.97 Å². The average Bonchev–Trinajstić information content (AvgIpc) is 2.77. The van der Waals surface area contributed by atoms with Gasteiger partial charge in [-0.2, -0.15) is 18.2 Å². The van der Waals surface area contributed by atoms with Crippen LogP contribution in [0.4, 0.5) is 36.3 Å². The van der Waals surface area contributed by atoms with Crippen molar-refractivity contribution in [2.75, 3.05) is 23.9 Å². The van der Waals surface area contributed by atoms with E-state index in [-0.39, 0.29) is 17.9 Å². The zero-order valence-corrected chi connectivity index (χ0v) is 18.8. The first-order valence-electron chi connectivity index (χ1n) is 10.4. The molecule has 170 valence electrons. The number of aromatic nitrogens is 2. The van der Waals surface area contributed by atoms with Crippen molar-refractivity contribution in [2.24, 2.45) is 0 Å². The maximum atomic E-state index is 13.7. The van der Waals surface area contributed by atoms with E-state index in [1.54, 1.807) is 43.3 Å². The Bertz CT molecular complexity index is 1030. The second-order valence-corrected chi connectivity index (χ2v) is 7.70.